The molecule has 0 radical (unpaired) electrons. The van der Waals surface area contributed by atoms with Crippen LogP contribution >= 0.6 is 11.3 Å². The number of rotatable bonds is 2. The number of alkyl halides is 3. The van der Waals surface area contributed by atoms with Gasteiger partial charge < -0.3 is 10.0 Å². The third-order valence-corrected chi connectivity index (χ3v) is 5.45. The Bertz CT molecular complexity index is 602. The molecular formula is C16H21F3N2O3S. The van der Waals surface area contributed by atoms with Crippen molar-refractivity contribution < 1.29 is 27.9 Å². The second-order valence-corrected chi connectivity index (χ2v) is 7.49. The Kier molecular flexibility index (Phi) is 6.10. The predicted molar refractivity (Wildman–Crippen MR) is 87.2 cm³/mol. The molecule has 1 amide bonds. The Morgan fingerprint density at radius 3 is 2.52 bits per heavy atom. The van der Waals surface area contributed by atoms with Crippen molar-refractivity contribution in [1.29, 1.82) is 0 Å². The van der Waals surface area contributed by atoms with E-state index in [0.29, 0.717) is 5.91 Å². The number of piperidine rings is 1. The molecule has 0 aliphatic carbocycles. The Morgan fingerprint density at radius 1 is 1.36 bits per heavy atom. The Labute approximate surface area is 148 Å². The first kappa shape index (κ1) is 19.7. The van der Waals surface area contributed by atoms with Gasteiger partial charge in [0.1, 0.15) is 0 Å². The second kappa shape index (κ2) is 7.74. The molecule has 2 fully saturated rings. The summed E-state index contributed by atoms with van der Waals surface area (Å²) in [6.07, 6.45) is -1.80. The zero-order chi connectivity index (χ0) is 18.7. The molecular weight excluding hydrogens is 357 g/mol. The average Bonchev–Trinajstić information content (AvgIpc) is 3.13. The summed E-state index contributed by atoms with van der Waals surface area (Å²) in [5.41, 5.74) is -0.0652. The van der Waals surface area contributed by atoms with Gasteiger partial charge in [-0.2, -0.15) is 13.2 Å². The lowest BCUT2D eigenvalue weighted by Gasteiger charge is -2.38. The van der Waals surface area contributed by atoms with E-state index < -0.39 is 12.1 Å². The van der Waals surface area contributed by atoms with Crippen molar-refractivity contribution >= 4 is 23.2 Å². The fourth-order valence-corrected chi connectivity index (χ4v) is 4.10. The lowest BCUT2D eigenvalue weighted by molar-refractivity contribution is -0.192. The molecule has 3 rings (SSSR count). The molecule has 1 unspecified atom stereocenters. The van der Waals surface area contributed by atoms with Crippen LogP contribution in [0.4, 0.5) is 13.2 Å². The first-order chi connectivity index (χ1) is 11.6. The first-order valence-corrected chi connectivity index (χ1v) is 8.82. The zero-order valence-corrected chi connectivity index (χ0v) is 14.7. The normalized spacial score (nSPS) is 24.3. The number of halogens is 3. The van der Waals surface area contributed by atoms with Crippen LogP contribution in [0.5, 0.6) is 0 Å². The van der Waals surface area contributed by atoms with E-state index in [0.717, 1.165) is 45.4 Å². The Hall–Kier alpha value is -1.61. The maximum absolute atomic E-state index is 12.3. The predicted octanol–water partition coefficient (Wildman–Crippen LogP) is 2.83. The maximum Gasteiger partial charge on any atom is 0.490 e. The number of likely N-dealkylation sites (tertiary alicyclic amines) is 2. The van der Waals surface area contributed by atoms with Crippen molar-refractivity contribution in [1.82, 2.24) is 9.80 Å². The topological polar surface area (TPSA) is 60.9 Å². The Balaban J connectivity index is 0.000000277. The van der Waals surface area contributed by atoms with E-state index in [4.69, 9.17) is 9.90 Å². The highest BCUT2D eigenvalue weighted by Crippen LogP contribution is 2.40. The van der Waals surface area contributed by atoms with Gasteiger partial charge in [0.2, 0.25) is 5.91 Å². The number of amides is 1. The number of hydrogen-bond acceptors (Lipinski definition) is 4. The summed E-state index contributed by atoms with van der Waals surface area (Å²) in [7, 11) is 1.94. The largest absolute Gasteiger partial charge is 0.490 e. The number of thiophene rings is 1. The van der Waals surface area contributed by atoms with E-state index in [-0.39, 0.29) is 5.41 Å². The van der Waals surface area contributed by atoms with Gasteiger partial charge in [0, 0.05) is 31.6 Å². The summed E-state index contributed by atoms with van der Waals surface area (Å²) in [5, 5.41) is 9.25. The molecule has 1 aromatic heterocycles. The lowest BCUT2D eigenvalue weighted by Crippen LogP contribution is -2.46. The van der Waals surface area contributed by atoms with Crippen LogP contribution in [-0.4, -0.2) is 59.6 Å². The molecule has 1 spiro atoms. The van der Waals surface area contributed by atoms with Crippen molar-refractivity contribution in [2.45, 2.75) is 32.0 Å². The van der Waals surface area contributed by atoms with Crippen LogP contribution in [0.15, 0.2) is 17.5 Å². The lowest BCUT2D eigenvalue weighted by atomic mass is 9.78. The van der Waals surface area contributed by atoms with Crippen molar-refractivity contribution in [3.8, 4) is 0 Å². The third kappa shape index (κ3) is 4.94. The second-order valence-electron chi connectivity index (χ2n) is 6.45. The fraction of sp³-hybridized carbons (Fsp3) is 0.625. The molecule has 1 atom stereocenters. The first-order valence-electron chi connectivity index (χ1n) is 7.94. The molecule has 9 heteroatoms. The van der Waals surface area contributed by atoms with E-state index in [1.54, 1.807) is 0 Å². The Morgan fingerprint density at radius 2 is 2.04 bits per heavy atom. The molecule has 25 heavy (non-hydrogen) atoms. The van der Waals surface area contributed by atoms with E-state index >= 15 is 0 Å². The average molecular weight is 378 g/mol. The quantitative estimate of drug-likeness (QED) is 0.860. The molecule has 3 heterocycles. The molecule has 1 aromatic rings. The van der Waals surface area contributed by atoms with Gasteiger partial charge in [-0.05, 0) is 37.3 Å². The van der Waals surface area contributed by atoms with E-state index in [9.17, 15) is 18.0 Å². The van der Waals surface area contributed by atoms with Gasteiger partial charge in [0.05, 0.1) is 5.41 Å². The van der Waals surface area contributed by atoms with Gasteiger partial charge in [-0.15, -0.1) is 11.3 Å². The van der Waals surface area contributed by atoms with Crippen LogP contribution in [0.25, 0.3) is 0 Å². The molecule has 0 bridgehead atoms. The number of carboxylic acids is 1. The van der Waals surface area contributed by atoms with Gasteiger partial charge >= 0.3 is 12.1 Å². The molecule has 2 aliphatic heterocycles. The van der Waals surface area contributed by atoms with Crippen LogP contribution in [0.3, 0.4) is 0 Å². The summed E-state index contributed by atoms with van der Waals surface area (Å²) >= 11 is 1.81. The fourth-order valence-electron chi connectivity index (χ4n) is 3.36. The smallest absolute Gasteiger partial charge is 0.475 e. The van der Waals surface area contributed by atoms with E-state index in [1.807, 2.05) is 23.3 Å². The van der Waals surface area contributed by atoms with Crippen molar-refractivity contribution in [3.05, 3.63) is 22.4 Å². The van der Waals surface area contributed by atoms with Crippen LogP contribution in [0.2, 0.25) is 0 Å². The highest BCUT2D eigenvalue weighted by atomic mass is 32.1. The monoisotopic (exact) mass is 378 g/mol. The zero-order valence-electron chi connectivity index (χ0n) is 13.9. The molecule has 2 saturated heterocycles. The van der Waals surface area contributed by atoms with E-state index in [2.05, 4.69) is 22.4 Å². The van der Waals surface area contributed by atoms with Crippen molar-refractivity contribution in [2.75, 3.05) is 26.7 Å². The number of carboxylic acid groups (broad SMARTS) is 1. The number of aliphatic carboxylic acids is 1. The molecule has 2 aliphatic rings. The standard InChI is InChI=1S/C14H20N2OS.C2HF3O2/c1-15-8-6-14(13(15)17)5-3-7-16(11-14)10-12-4-2-9-18-12;3-2(4,5)1(6)7/h2,4,9H,3,5-8,10-11H2,1H3;(H,6,7). The van der Waals surface area contributed by atoms with Gasteiger partial charge in [-0.25, -0.2) is 4.79 Å². The molecule has 0 aromatic carbocycles. The van der Waals surface area contributed by atoms with Crippen molar-refractivity contribution in [3.63, 3.8) is 0 Å². The number of hydrogen-bond donors (Lipinski definition) is 1. The molecule has 0 saturated carbocycles. The highest BCUT2D eigenvalue weighted by Gasteiger charge is 2.47. The molecule has 5 nitrogen and oxygen atoms in total. The number of carbonyl (C=O) groups is 2. The summed E-state index contributed by atoms with van der Waals surface area (Å²) in [6, 6.07) is 4.29. The number of carbonyl (C=O) groups excluding carboxylic acids is 1. The summed E-state index contributed by atoms with van der Waals surface area (Å²) in [4.78, 5) is 27.0. The van der Waals surface area contributed by atoms with Crippen LogP contribution in [0.1, 0.15) is 24.1 Å². The maximum atomic E-state index is 12.3. The highest BCUT2D eigenvalue weighted by molar-refractivity contribution is 7.09. The van der Waals surface area contributed by atoms with Crippen LogP contribution in [-0.2, 0) is 16.1 Å². The summed E-state index contributed by atoms with van der Waals surface area (Å²) in [6.45, 7) is 4.03. The minimum Gasteiger partial charge on any atom is -0.475 e. The third-order valence-electron chi connectivity index (χ3n) is 4.58. The van der Waals surface area contributed by atoms with Gasteiger partial charge in [0.15, 0.2) is 0 Å². The SMILES string of the molecule is CN1CCC2(CCCN(Cc3cccs3)C2)C1=O.O=C(O)C(F)(F)F. The van der Waals surface area contributed by atoms with E-state index in [1.165, 1.54) is 4.88 Å². The van der Waals surface area contributed by atoms with Gasteiger partial charge in [-0.3, -0.25) is 9.69 Å². The van der Waals surface area contributed by atoms with Crippen LogP contribution < -0.4 is 0 Å². The molecule has 140 valence electrons. The van der Waals surface area contributed by atoms with Crippen molar-refractivity contribution in [2.24, 2.45) is 5.41 Å². The minimum absolute atomic E-state index is 0.0652. The van der Waals surface area contributed by atoms with Gasteiger partial charge in [-0.1, -0.05) is 6.07 Å². The molecule has 1 N–H and O–H groups in total. The summed E-state index contributed by atoms with van der Waals surface area (Å²) in [5.74, 6) is -2.38. The van der Waals surface area contributed by atoms with Gasteiger partial charge in [0.25, 0.3) is 0 Å². The number of nitrogens with zero attached hydrogens (tertiary/aromatic N) is 2. The summed E-state index contributed by atoms with van der Waals surface area (Å²) < 4.78 is 31.7. The minimum atomic E-state index is -5.08. The van der Waals surface area contributed by atoms with Crippen LogP contribution in [0, 0.1) is 5.41 Å².